The van der Waals surface area contributed by atoms with Crippen LogP contribution >= 0.6 is 31.9 Å². The average molecular weight is 417 g/mol. The van der Waals surface area contributed by atoms with Crippen LogP contribution < -0.4 is 5.32 Å². The maximum Gasteiger partial charge on any atom is 0.0721 e. The molecule has 1 aliphatic heterocycles. The summed E-state index contributed by atoms with van der Waals surface area (Å²) < 4.78 is 2.15. The predicted octanol–water partition coefficient (Wildman–Crippen LogP) is 4.13. The quantitative estimate of drug-likeness (QED) is 0.799. The van der Waals surface area contributed by atoms with Crippen LogP contribution in [0.3, 0.4) is 0 Å². The van der Waals surface area contributed by atoms with E-state index in [1.54, 1.807) is 0 Å². The van der Waals surface area contributed by atoms with Crippen LogP contribution in [0.5, 0.6) is 0 Å². The lowest BCUT2D eigenvalue weighted by Gasteiger charge is -2.33. The van der Waals surface area contributed by atoms with E-state index in [9.17, 15) is 0 Å². The maximum atomic E-state index is 4.72. The molecule has 2 aliphatic rings. The van der Waals surface area contributed by atoms with Crippen molar-refractivity contribution in [2.24, 2.45) is 5.92 Å². The van der Waals surface area contributed by atoms with Gasteiger partial charge in [-0.2, -0.15) is 0 Å². The van der Waals surface area contributed by atoms with Gasteiger partial charge in [0.2, 0.25) is 0 Å². The molecule has 2 heterocycles. The van der Waals surface area contributed by atoms with E-state index in [0.717, 1.165) is 28.1 Å². The van der Waals surface area contributed by atoms with E-state index >= 15 is 0 Å². The maximum absolute atomic E-state index is 4.72. The van der Waals surface area contributed by atoms with E-state index in [1.807, 2.05) is 6.20 Å². The number of pyridine rings is 1. The number of rotatable bonds is 4. The van der Waals surface area contributed by atoms with Gasteiger partial charge in [-0.1, -0.05) is 6.42 Å². The lowest BCUT2D eigenvalue weighted by atomic mass is 9.92. The van der Waals surface area contributed by atoms with Crippen molar-refractivity contribution < 1.29 is 0 Å². The average Bonchev–Trinajstić information content (AvgIpc) is 3.26. The number of nitrogens with zero attached hydrogens (tertiary/aromatic N) is 2. The summed E-state index contributed by atoms with van der Waals surface area (Å²) in [4.78, 5) is 7.22. The van der Waals surface area contributed by atoms with E-state index in [-0.39, 0.29) is 0 Å². The van der Waals surface area contributed by atoms with Crippen molar-refractivity contribution in [3.05, 3.63) is 26.9 Å². The summed E-state index contributed by atoms with van der Waals surface area (Å²) >= 11 is 7.22. The minimum Gasteiger partial charge on any atom is -0.314 e. The molecule has 0 aromatic carbocycles. The molecule has 0 spiro atoms. The van der Waals surface area contributed by atoms with Crippen molar-refractivity contribution in [3.8, 4) is 0 Å². The Morgan fingerprint density at radius 1 is 1.29 bits per heavy atom. The second-order valence-electron chi connectivity index (χ2n) is 6.38. The Morgan fingerprint density at radius 3 is 2.81 bits per heavy atom. The molecule has 0 amide bonds. The third-order valence-electron chi connectivity index (χ3n) is 4.62. The zero-order valence-corrected chi connectivity index (χ0v) is 15.7. The first-order valence-corrected chi connectivity index (χ1v) is 9.48. The molecule has 1 saturated heterocycles. The number of aromatic nitrogens is 1. The van der Waals surface area contributed by atoms with E-state index in [2.05, 4.69) is 55.2 Å². The molecule has 3 rings (SSSR count). The molecule has 0 bridgehead atoms. The van der Waals surface area contributed by atoms with E-state index in [0.29, 0.717) is 12.0 Å². The van der Waals surface area contributed by atoms with E-state index in [4.69, 9.17) is 4.98 Å². The van der Waals surface area contributed by atoms with Crippen LogP contribution in [0, 0.1) is 5.92 Å². The van der Waals surface area contributed by atoms with Gasteiger partial charge in [-0.15, -0.1) is 0 Å². The van der Waals surface area contributed by atoms with Gasteiger partial charge in [0.05, 0.1) is 11.7 Å². The number of hydrogen-bond acceptors (Lipinski definition) is 3. The summed E-state index contributed by atoms with van der Waals surface area (Å²) in [5, 5.41) is 3.73. The lowest BCUT2D eigenvalue weighted by molar-refractivity contribution is 0.183. The molecule has 2 fully saturated rings. The monoisotopic (exact) mass is 415 g/mol. The molecule has 2 unspecified atom stereocenters. The fourth-order valence-electron chi connectivity index (χ4n) is 3.32. The molecule has 3 nitrogen and oxygen atoms in total. The molecule has 116 valence electrons. The molecule has 21 heavy (non-hydrogen) atoms. The molecule has 1 aromatic heterocycles. The molecule has 1 saturated carbocycles. The van der Waals surface area contributed by atoms with Crippen molar-refractivity contribution in [2.75, 3.05) is 20.1 Å². The number of hydrogen-bond donors (Lipinski definition) is 1. The minimum atomic E-state index is 0.404. The third-order valence-corrected chi connectivity index (χ3v) is 5.69. The molecule has 2 atom stereocenters. The van der Waals surface area contributed by atoms with Crippen LogP contribution in [0.25, 0.3) is 0 Å². The molecule has 1 aliphatic carbocycles. The lowest BCUT2D eigenvalue weighted by Crippen LogP contribution is -2.36. The Bertz CT molecular complexity index is 490. The Morgan fingerprint density at radius 2 is 2.10 bits per heavy atom. The van der Waals surface area contributed by atoms with Crippen LogP contribution in [0.2, 0.25) is 0 Å². The topological polar surface area (TPSA) is 28.2 Å². The zero-order valence-electron chi connectivity index (χ0n) is 12.5. The summed E-state index contributed by atoms with van der Waals surface area (Å²) in [6, 6.07) is 3.30. The van der Waals surface area contributed by atoms with Gasteiger partial charge in [0.15, 0.2) is 0 Å². The molecule has 1 N–H and O–H groups in total. The van der Waals surface area contributed by atoms with Gasteiger partial charge in [0.25, 0.3) is 0 Å². The Labute approximate surface area is 144 Å². The molecule has 0 radical (unpaired) electrons. The first-order chi connectivity index (χ1) is 10.1. The van der Waals surface area contributed by atoms with Gasteiger partial charge in [-0.3, -0.25) is 9.88 Å². The highest BCUT2D eigenvalue weighted by Crippen LogP contribution is 2.37. The van der Waals surface area contributed by atoms with Crippen molar-refractivity contribution in [3.63, 3.8) is 0 Å². The third kappa shape index (κ3) is 4.06. The van der Waals surface area contributed by atoms with Crippen molar-refractivity contribution in [1.82, 2.24) is 15.2 Å². The summed E-state index contributed by atoms with van der Waals surface area (Å²) in [5.41, 5.74) is 1.19. The Balaban J connectivity index is 1.83. The number of likely N-dealkylation sites (tertiary alicyclic amines) is 1. The summed E-state index contributed by atoms with van der Waals surface area (Å²) in [5.74, 6) is 0.642. The normalized spacial score (nSPS) is 27.6. The first-order valence-electron chi connectivity index (χ1n) is 7.89. The molecule has 5 heteroatoms. The fraction of sp³-hybridized carbons (Fsp3) is 0.688. The van der Waals surface area contributed by atoms with Crippen LogP contribution in [0.1, 0.15) is 43.8 Å². The number of nitrogens with one attached hydrogen (secondary N) is 1. The van der Waals surface area contributed by atoms with Crippen LogP contribution in [-0.4, -0.2) is 36.1 Å². The van der Waals surface area contributed by atoms with Gasteiger partial charge in [0.1, 0.15) is 0 Å². The van der Waals surface area contributed by atoms with Crippen LogP contribution in [0.15, 0.2) is 21.2 Å². The highest BCUT2D eigenvalue weighted by atomic mass is 79.9. The standard InChI is InChI=1S/C16H23Br2N3/c1-21-7-3-2-4-11(9-19-13-5-6-13)16(21)15-14(18)8-12(17)10-20-15/h8,10-11,13,16,19H,2-7,9H2,1H3. The van der Waals surface area contributed by atoms with Gasteiger partial charge in [-0.05, 0) is 83.1 Å². The first kappa shape index (κ1) is 15.9. The summed E-state index contributed by atoms with van der Waals surface area (Å²) in [6.07, 6.45) is 8.54. The minimum absolute atomic E-state index is 0.404. The number of halogens is 2. The largest absolute Gasteiger partial charge is 0.314 e. The fourth-order valence-corrected chi connectivity index (χ4v) is 4.54. The molecular weight excluding hydrogens is 394 g/mol. The smallest absolute Gasteiger partial charge is 0.0721 e. The van der Waals surface area contributed by atoms with Crippen LogP contribution in [0.4, 0.5) is 0 Å². The van der Waals surface area contributed by atoms with Gasteiger partial charge in [-0.25, -0.2) is 0 Å². The SMILES string of the molecule is CN1CCCCC(CNC2CC2)C1c1ncc(Br)cc1Br. The van der Waals surface area contributed by atoms with Gasteiger partial charge < -0.3 is 5.32 Å². The highest BCUT2D eigenvalue weighted by Gasteiger charge is 2.32. The Kier molecular flexibility index (Phi) is 5.36. The zero-order chi connectivity index (χ0) is 14.8. The van der Waals surface area contributed by atoms with Crippen molar-refractivity contribution >= 4 is 31.9 Å². The Hall–Kier alpha value is 0.0300. The second kappa shape index (κ2) is 7.07. The summed E-state index contributed by atoms with van der Waals surface area (Å²) in [7, 11) is 2.25. The van der Waals surface area contributed by atoms with E-state index < -0.39 is 0 Å². The summed E-state index contributed by atoms with van der Waals surface area (Å²) in [6.45, 7) is 2.28. The van der Waals surface area contributed by atoms with Crippen molar-refractivity contribution in [1.29, 1.82) is 0 Å². The van der Waals surface area contributed by atoms with E-state index in [1.165, 1.54) is 37.8 Å². The highest BCUT2D eigenvalue weighted by molar-refractivity contribution is 9.11. The second-order valence-corrected chi connectivity index (χ2v) is 8.15. The molecular formula is C16H23Br2N3. The van der Waals surface area contributed by atoms with Crippen molar-refractivity contribution in [2.45, 2.75) is 44.2 Å². The van der Waals surface area contributed by atoms with Gasteiger partial charge >= 0.3 is 0 Å². The predicted molar refractivity (Wildman–Crippen MR) is 93.4 cm³/mol. The molecule has 1 aromatic rings. The van der Waals surface area contributed by atoms with Crippen LogP contribution in [-0.2, 0) is 0 Å². The van der Waals surface area contributed by atoms with Gasteiger partial charge in [0, 0.05) is 27.7 Å².